The molecule has 2 unspecified atom stereocenters. The lowest BCUT2D eigenvalue weighted by Gasteiger charge is -2.43. The maximum atomic E-state index is 11.7. The van der Waals surface area contributed by atoms with Crippen LogP contribution in [0.1, 0.15) is 0 Å². The standard InChI is InChI=1S/C11H10ClNO3/c1-16-10-9(6-14)13(11(10)15)8-5-3-2-4-7(8)12/h2-6,9-10H,1H3. The molecular weight excluding hydrogens is 230 g/mol. The summed E-state index contributed by atoms with van der Waals surface area (Å²) >= 11 is 5.96. The van der Waals surface area contributed by atoms with Crippen LogP contribution in [-0.2, 0) is 14.3 Å². The molecule has 1 aromatic rings. The molecular formula is C11H10ClNO3. The predicted octanol–water partition coefficient (Wildman–Crippen LogP) is 1.27. The highest BCUT2D eigenvalue weighted by Crippen LogP contribution is 2.33. The first kappa shape index (κ1) is 11.1. The highest BCUT2D eigenvalue weighted by Gasteiger charge is 2.49. The van der Waals surface area contributed by atoms with E-state index >= 15 is 0 Å². The van der Waals surface area contributed by atoms with Crippen molar-refractivity contribution in [2.75, 3.05) is 12.0 Å². The van der Waals surface area contributed by atoms with Gasteiger partial charge < -0.3 is 9.53 Å². The minimum absolute atomic E-state index is 0.243. The topological polar surface area (TPSA) is 46.6 Å². The van der Waals surface area contributed by atoms with E-state index in [2.05, 4.69) is 0 Å². The summed E-state index contributed by atoms with van der Waals surface area (Å²) < 4.78 is 4.93. The van der Waals surface area contributed by atoms with E-state index in [-0.39, 0.29) is 5.91 Å². The Balaban J connectivity index is 2.33. The van der Waals surface area contributed by atoms with Crippen LogP contribution >= 0.6 is 11.6 Å². The van der Waals surface area contributed by atoms with E-state index in [0.29, 0.717) is 17.0 Å². The zero-order valence-corrected chi connectivity index (χ0v) is 9.35. The maximum absolute atomic E-state index is 11.7. The molecule has 0 spiro atoms. The largest absolute Gasteiger partial charge is 0.369 e. The van der Waals surface area contributed by atoms with Gasteiger partial charge in [0, 0.05) is 7.11 Å². The van der Waals surface area contributed by atoms with Crippen molar-refractivity contribution in [2.45, 2.75) is 12.1 Å². The van der Waals surface area contributed by atoms with Gasteiger partial charge in [-0.3, -0.25) is 9.69 Å². The lowest BCUT2D eigenvalue weighted by Crippen LogP contribution is -2.66. The summed E-state index contributed by atoms with van der Waals surface area (Å²) in [6.45, 7) is 0. The third-order valence-electron chi connectivity index (χ3n) is 2.59. The number of carbonyl (C=O) groups is 2. The molecule has 2 rings (SSSR count). The lowest BCUT2D eigenvalue weighted by atomic mass is 9.98. The van der Waals surface area contributed by atoms with Crippen LogP contribution in [0.2, 0.25) is 5.02 Å². The summed E-state index contributed by atoms with van der Waals surface area (Å²) in [5.41, 5.74) is 0.541. The average molecular weight is 240 g/mol. The fourth-order valence-electron chi connectivity index (χ4n) is 1.78. The molecule has 4 nitrogen and oxygen atoms in total. The first-order valence-corrected chi connectivity index (χ1v) is 5.14. The first-order chi connectivity index (χ1) is 7.70. The van der Waals surface area contributed by atoms with Gasteiger partial charge in [-0.15, -0.1) is 0 Å². The van der Waals surface area contributed by atoms with Crippen LogP contribution in [-0.4, -0.2) is 31.4 Å². The Labute approximate surface area is 97.7 Å². The molecule has 0 N–H and O–H groups in total. The molecule has 1 aliphatic heterocycles. The number of para-hydroxylation sites is 1. The lowest BCUT2D eigenvalue weighted by molar-refractivity contribution is -0.142. The van der Waals surface area contributed by atoms with E-state index in [1.807, 2.05) is 0 Å². The molecule has 1 aliphatic rings. The summed E-state index contributed by atoms with van der Waals surface area (Å²) in [6.07, 6.45) is 0.00703. The quantitative estimate of drug-likeness (QED) is 0.590. The van der Waals surface area contributed by atoms with Crippen LogP contribution in [0.5, 0.6) is 0 Å². The van der Waals surface area contributed by atoms with Crippen molar-refractivity contribution < 1.29 is 14.3 Å². The number of anilines is 1. The first-order valence-electron chi connectivity index (χ1n) is 4.76. The summed E-state index contributed by atoms with van der Waals surface area (Å²) in [5, 5.41) is 0.442. The van der Waals surface area contributed by atoms with E-state index in [4.69, 9.17) is 16.3 Å². The number of rotatable bonds is 3. The Morgan fingerprint density at radius 1 is 1.44 bits per heavy atom. The Morgan fingerprint density at radius 3 is 2.69 bits per heavy atom. The number of β-lactam (4-membered cyclic amide) rings is 1. The predicted molar refractivity (Wildman–Crippen MR) is 59.6 cm³/mol. The Bertz CT molecular complexity index is 435. The number of benzene rings is 1. The van der Waals surface area contributed by atoms with E-state index < -0.39 is 12.1 Å². The van der Waals surface area contributed by atoms with Gasteiger partial charge >= 0.3 is 0 Å². The van der Waals surface area contributed by atoms with Gasteiger partial charge in [0.05, 0.1) is 10.7 Å². The molecule has 16 heavy (non-hydrogen) atoms. The molecule has 0 saturated carbocycles. The number of nitrogens with zero attached hydrogens (tertiary/aromatic N) is 1. The number of halogens is 1. The van der Waals surface area contributed by atoms with E-state index in [1.165, 1.54) is 12.0 Å². The number of methoxy groups -OCH3 is 1. The number of hydrogen-bond donors (Lipinski definition) is 0. The third-order valence-corrected chi connectivity index (χ3v) is 2.91. The van der Waals surface area contributed by atoms with Crippen LogP contribution in [0, 0.1) is 0 Å². The molecule has 0 radical (unpaired) electrons. The van der Waals surface area contributed by atoms with Gasteiger partial charge in [0.25, 0.3) is 5.91 Å². The highest BCUT2D eigenvalue weighted by molar-refractivity contribution is 6.34. The van der Waals surface area contributed by atoms with Gasteiger partial charge in [-0.2, -0.15) is 0 Å². The SMILES string of the molecule is COC1C(=O)N(c2ccccc2Cl)C1C=O. The molecule has 1 aromatic carbocycles. The molecule has 0 bridgehead atoms. The van der Waals surface area contributed by atoms with Gasteiger partial charge in [-0.05, 0) is 12.1 Å². The van der Waals surface area contributed by atoms with Crippen molar-refractivity contribution in [3.8, 4) is 0 Å². The Kier molecular flexibility index (Phi) is 2.94. The Morgan fingerprint density at radius 2 is 2.12 bits per heavy atom. The minimum atomic E-state index is -0.686. The fourth-order valence-corrected chi connectivity index (χ4v) is 2.01. The number of ether oxygens (including phenoxy) is 1. The van der Waals surface area contributed by atoms with Gasteiger partial charge in [0.15, 0.2) is 6.10 Å². The van der Waals surface area contributed by atoms with Crippen LogP contribution in [0.4, 0.5) is 5.69 Å². The summed E-state index contributed by atoms with van der Waals surface area (Å²) in [4.78, 5) is 23.9. The average Bonchev–Trinajstić information content (AvgIpc) is 2.29. The molecule has 2 atom stereocenters. The van der Waals surface area contributed by atoms with Crippen molar-refractivity contribution in [1.82, 2.24) is 0 Å². The molecule has 0 aromatic heterocycles. The van der Waals surface area contributed by atoms with Crippen molar-refractivity contribution in [3.63, 3.8) is 0 Å². The van der Waals surface area contributed by atoms with Gasteiger partial charge in [-0.1, -0.05) is 23.7 Å². The summed E-state index contributed by atoms with van der Waals surface area (Å²) in [6, 6.07) is 6.31. The summed E-state index contributed by atoms with van der Waals surface area (Å²) in [7, 11) is 1.41. The zero-order valence-electron chi connectivity index (χ0n) is 8.59. The second-order valence-corrected chi connectivity index (χ2v) is 3.85. The van der Waals surface area contributed by atoms with Crippen molar-refractivity contribution in [3.05, 3.63) is 29.3 Å². The Hall–Kier alpha value is -1.39. The second-order valence-electron chi connectivity index (χ2n) is 3.44. The van der Waals surface area contributed by atoms with Crippen LogP contribution in [0.25, 0.3) is 0 Å². The highest BCUT2D eigenvalue weighted by atomic mass is 35.5. The number of aldehydes is 1. The molecule has 1 heterocycles. The van der Waals surface area contributed by atoms with Gasteiger partial charge in [-0.25, -0.2) is 0 Å². The zero-order chi connectivity index (χ0) is 11.7. The second kappa shape index (κ2) is 4.23. The summed E-state index contributed by atoms with van der Waals surface area (Å²) in [5.74, 6) is -0.243. The van der Waals surface area contributed by atoms with Crippen molar-refractivity contribution in [1.29, 1.82) is 0 Å². The minimum Gasteiger partial charge on any atom is -0.369 e. The number of amides is 1. The normalized spacial score (nSPS) is 24.1. The van der Waals surface area contributed by atoms with Crippen molar-refractivity contribution in [2.24, 2.45) is 0 Å². The van der Waals surface area contributed by atoms with E-state index in [1.54, 1.807) is 24.3 Å². The molecule has 1 fully saturated rings. The smallest absolute Gasteiger partial charge is 0.259 e. The van der Waals surface area contributed by atoms with Crippen LogP contribution in [0.15, 0.2) is 24.3 Å². The molecule has 1 amide bonds. The molecule has 1 saturated heterocycles. The molecule has 84 valence electrons. The van der Waals surface area contributed by atoms with Crippen molar-refractivity contribution >= 4 is 29.5 Å². The van der Waals surface area contributed by atoms with Crippen LogP contribution in [0.3, 0.4) is 0 Å². The number of carbonyl (C=O) groups excluding carboxylic acids is 2. The van der Waals surface area contributed by atoms with Gasteiger partial charge in [0.1, 0.15) is 12.3 Å². The fraction of sp³-hybridized carbons (Fsp3) is 0.273. The van der Waals surface area contributed by atoms with E-state index in [0.717, 1.165) is 0 Å². The monoisotopic (exact) mass is 239 g/mol. The molecule has 0 aliphatic carbocycles. The van der Waals surface area contributed by atoms with Crippen LogP contribution < -0.4 is 4.90 Å². The number of hydrogen-bond acceptors (Lipinski definition) is 3. The molecule has 5 heteroatoms. The maximum Gasteiger partial charge on any atom is 0.259 e. The van der Waals surface area contributed by atoms with E-state index in [9.17, 15) is 9.59 Å². The van der Waals surface area contributed by atoms with Gasteiger partial charge in [0.2, 0.25) is 0 Å². The third kappa shape index (κ3) is 1.50.